The maximum absolute atomic E-state index is 14.1. The van der Waals surface area contributed by atoms with Crippen LogP contribution in [0.3, 0.4) is 0 Å². The van der Waals surface area contributed by atoms with Crippen molar-refractivity contribution in [2.75, 3.05) is 6.54 Å². The Bertz CT molecular complexity index is 1290. The quantitative estimate of drug-likeness (QED) is 0.422. The second-order valence-corrected chi connectivity index (χ2v) is 9.67. The highest BCUT2D eigenvalue weighted by molar-refractivity contribution is 5.95. The Balaban J connectivity index is 1.54. The van der Waals surface area contributed by atoms with Crippen LogP contribution in [-0.2, 0) is 11.6 Å². The van der Waals surface area contributed by atoms with Crippen molar-refractivity contribution in [3.63, 3.8) is 0 Å². The number of hydrogen-bond donors (Lipinski definition) is 0. The number of carbonyl (C=O) groups excluding carboxylic acids is 1. The monoisotopic (exact) mass is 506 g/mol. The zero-order chi connectivity index (χ0) is 25.9. The largest absolute Gasteiger partial charge is 0.416 e. The van der Waals surface area contributed by atoms with Gasteiger partial charge < -0.3 is 4.90 Å². The van der Waals surface area contributed by atoms with E-state index in [-0.39, 0.29) is 29.5 Å². The molecule has 2 aliphatic carbocycles. The number of nitrogens with zero attached hydrogens (tertiary/aromatic N) is 6. The molecule has 0 bridgehead atoms. The van der Waals surface area contributed by atoms with E-state index in [1.165, 1.54) is 35.2 Å². The maximum Gasteiger partial charge on any atom is 0.416 e. The summed E-state index contributed by atoms with van der Waals surface area (Å²) in [5, 5.41) is 4.14. The van der Waals surface area contributed by atoms with Crippen LogP contribution in [0.4, 0.5) is 22.0 Å². The van der Waals surface area contributed by atoms with Crippen molar-refractivity contribution in [2.45, 2.75) is 56.7 Å². The Kier molecular flexibility index (Phi) is 5.60. The summed E-state index contributed by atoms with van der Waals surface area (Å²) in [4.78, 5) is 27.7. The lowest BCUT2D eigenvalue weighted by Gasteiger charge is -2.29. The topological polar surface area (TPSA) is 76.8 Å². The summed E-state index contributed by atoms with van der Waals surface area (Å²) in [5.74, 6) is -3.09. The molecule has 12 heteroatoms. The molecule has 36 heavy (non-hydrogen) atoms. The Morgan fingerprint density at radius 1 is 1.17 bits per heavy atom. The van der Waals surface area contributed by atoms with Crippen LogP contribution < -0.4 is 0 Å². The maximum atomic E-state index is 14.1. The van der Waals surface area contributed by atoms with Gasteiger partial charge in [-0.2, -0.15) is 23.0 Å². The van der Waals surface area contributed by atoms with Gasteiger partial charge in [-0.3, -0.25) is 4.79 Å². The minimum absolute atomic E-state index is 0.191. The van der Waals surface area contributed by atoms with Gasteiger partial charge in [-0.25, -0.2) is 23.7 Å². The number of benzene rings is 1. The van der Waals surface area contributed by atoms with E-state index < -0.39 is 41.4 Å². The van der Waals surface area contributed by atoms with Gasteiger partial charge in [0.05, 0.1) is 17.0 Å². The van der Waals surface area contributed by atoms with Gasteiger partial charge in [0.2, 0.25) is 0 Å². The van der Waals surface area contributed by atoms with Crippen molar-refractivity contribution in [3.05, 3.63) is 65.5 Å². The van der Waals surface area contributed by atoms with Crippen molar-refractivity contribution >= 4 is 5.91 Å². The van der Waals surface area contributed by atoms with Crippen molar-refractivity contribution in [1.82, 2.24) is 29.6 Å². The van der Waals surface area contributed by atoms with E-state index >= 15 is 0 Å². The van der Waals surface area contributed by atoms with Crippen molar-refractivity contribution in [3.8, 4) is 5.95 Å². The van der Waals surface area contributed by atoms with E-state index in [1.807, 2.05) is 0 Å². The molecule has 2 atom stereocenters. The molecule has 1 aromatic carbocycles. The smallest absolute Gasteiger partial charge is 0.328 e. The molecule has 0 saturated heterocycles. The lowest BCUT2D eigenvalue weighted by atomic mass is 9.92. The molecule has 5 rings (SSSR count). The first-order valence-electron chi connectivity index (χ1n) is 11.5. The van der Waals surface area contributed by atoms with E-state index in [0.717, 1.165) is 31.0 Å². The van der Waals surface area contributed by atoms with Crippen LogP contribution in [0.5, 0.6) is 0 Å². The standard InChI is InChI=1S/C24H23F5N6O/c1-14(19-32-13-33-35(19)21-30-6-3-7-31-21)34(11-15-4-5-15)20(36)16-8-17(22(2)12-23(22,25)26)10-18(9-16)24(27,28)29/h3,6-10,13-15H,4-5,11-12H2,1-2H3. The fraction of sp³-hybridized carbons (Fsp3) is 0.458. The number of halogens is 5. The lowest BCUT2D eigenvalue weighted by Crippen LogP contribution is -2.37. The summed E-state index contributed by atoms with van der Waals surface area (Å²) in [6.07, 6.45) is 0.696. The van der Waals surface area contributed by atoms with E-state index in [0.29, 0.717) is 5.82 Å². The number of rotatable bonds is 7. The van der Waals surface area contributed by atoms with Gasteiger partial charge in [0.25, 0.3) is 17.8 Å². The van der Waals surface area contributed by atoms with E-state index in [4.69, 9.17) is 0 Å². The van der Waals surface area contributed by atoms with Crippen LogP contribution in [0.2, 0.25) is 0 Å². The second-order valence-electron chi connectivity index (χ2n) is 9.67. The number of amides is 1. The molecule has 1 amide bonds. The molecular weight excluding hydrogens is 483 g/mol. The number of hydrogen-bond acceptors (Lipinski definition) is 5. The first kappa shape index (κ1) is 24.3. The lowest BCUT2D eigenvalue weighted by molar-refractivity contribution is -0.137. The summed E-state index contributed by atoms with van der Waals surface area (Å²) in [7, 11) is 0. The molecule has 7 nitrogen and oxygen atoms in total. The van der Waals surface area contributed by atoms with Crippen LogP contribution in [0.15, 0.2) is 43.0 Å². The minimum Gasteiger partial charge on any atom is -0.328 e. The molecule has 2 aliphatic rings. The predicted molar refractivity (Wildman–Crippen MR) is 117 cm³/mol. The van der Waals surface area contributed by atoms with E-state index in [1.54, 1.807) is 13.0 Å². The molecular formula is C24H23F5N6O. The Hall–Kier alpha value is -3.44. The Morgan fingerprint density at radius 2 is 1.83 bits per heavy atom. The van der Waals surface area contributed by atoms with Crippen molar-refractivity contribution in [1.29, 1.82) is 0 Å². The molecule has 0 spiro atoms. The Labute approximate surface area is 203 Å². The fourth-order valence-electron chi connectivity index (χ4n) is 4.34. The highest BCUT2D eigenvalue weighted by Crippen LogP contribution is 2.61. The van der Waals surface area contributed by atoms with Crippen LogP contribution in [0, 0.1) is 5.92 Å². The average molecular weight is 506 g/mol. The van der Waals surface area contributed by atoms with Crippen LogP contribution in [0.25, 0.3) is 5.95 Å². The van der Waals surface area contributed by atoms with Gasteiger partial charge in [-0.05, 0) is 62.4 Å². The third-order valence-corrected chi connectivity index (χ3v) is 6.97. The third kappa shape index (κ3) is 4.33. The van der Waals surface area contributed by atoms with Crippen LogP contribution >= 0.6 is 0 Å². The van der Waals surface area contributed by atoms with Gasteiger partial charge in [0.15, 0.2) is 5.82 Å². The molecule has 2 heterocycles. The van der Waals surface area contributed by atoms with Gasteiger partial charge in [-0.15, -0.1) is 0 Å². The number of aromatic nitrogens is 5. The normalized spacial score (nSPS) is 21.8. The predicted octanol–water partition coefficient (Wildman–Crippen LogP) is 4.99. The minimum atomic E-state index is -4.80. The average Bonchev–Trinajstić information content (AvgIpc) is 3.68. The molecule has 3 aromatic rings. The van der Waals surface area contributed by atoms with E-state index in [9.17, 15) is 26.7 Å². The zero-order valence-electron chi connectivity index (χ0n) is 19.5. The molecule has 190 valence electrons. The summed E-state index contributed by atoms with van der Waals surface area (Å²) in [6.45, 7) is 3.18. The molecule has 2 fully saturated rings. The SMILES string of the molecule is CC(c1ncnn1-c1ncccn1)N(CC1CC1)C(=O)c1cc(C(F)(F)F)cc(C2(C)CC2(F)F)c1. The highest BCUT2D eigenvalue weighted by Gasteiger charge is 2.68. The Morgan fingerprint density at radius 3 is 2.42 bits per heavy atom. The second kappa shape index (κ2) is 8.31. The molecule has 2 unspecified atom stereocenters. The summed E-state index contributed by atoms with van der Waals surface area (Å²) in [6, 6.07) is 3.53. The third-order valence-electron chi connectivity index (χ3n) is 6.97. The first-order chi connectivity index (χ1) is 16.9. The summed E-state index contributed by atoms with van der Waals surface area (Å²) in [5.41, 5.74) is -3.38. The molecule has 2 aromatic heterocycles. The van der Waals surface area contributed by atoms with Gasteiger partial charge in [0, 0.05) is 30.9 Å². The molecule has 0 aliphatic heterocycles. The fourth-order valence-corrected chi connectivity index (χ4v) is 4.34. The van der Waals surface area contributed by atoms with Gasteiger partial charge in [-0.1, -0.05) is 0 Å². The van der Waals surface area contributed by atoms with Crippen molar-refractivity contribution < 1.29 is 26.7 Å². The summed E-state index contributed by atoms with van der Waals surface area (Å²) >= 11 is 0. The number of carbonyl (C=O) groups is 1. The first-order valence-corrected chi connectivity index (χ1v) is 11.5. The molecule has 0 radical (unpaired) electrons. The van der Waals surface area contributed by atoms with Crippen LogP contribution in [-0.4, -0.2) is 48.0 Å². The zero-order valence-corrected chi connectivity index (χ0v) is 19.5. The molecule has 0 N–H and O–H groups in total. The number of alkyl halides is 5. The highest BCUT2D eigenvalue weighted by atomic mass is 19.4. The van der Waals surface area contributed by atoms with Gasteiger partial charge in [0.1, 0.15) is 6.33 Å². The summed E-state index contributed by atoms with van der Waals surface area (Å²) < 4.78 is 70.6. The van der Waals surface area contributed by atoms with E-state index in [2.05, 4.69) is 20.1 Å². The van der Waals surface area contributed by atoms with Crippen LogP contribution in [0.1, 0.15) is 66.5 Å². The molecule has 2 saturated carbocycles. The van der Waals surface area contributed by atoms with Crippen molar-refractivity contribution in [2.24, 2.45) is 5.92 Å². The van der Waals surface area contributed by atoms with Gasteiger partial charge >= 0.3 is 6.18 Å².